The maximum Gasteiger partial charge on any atom is 0.320 e. The number of carboxylic acids is 2. The van der Waals surface area contributed by atoms with Gasteiger partial charge in [0.2, 0.25) is 0 Å². The molecule has 0 aliphatic rings. The zero-order chi connectivity index (χ0) is 18.3. The second kappa shape index (κ2) is 15.2. The summed E-state index contributed by atoms with van der Waals surface area (Å²) in [6, 6.07) is -1.46. The highest BCUT2D eigenvalue weighted by Gasteiger charge is 2.10. The van der Waals surface area contributed by atoms with E-state index in [4.69, 9.17) is 33.1 Å². The van der Waals surface area contributed by atoms with Gasteiger partial charge in [0.15, 0.2) is 0 Å². The highest BCUT2D eigenvalue weighted by molar-refractivity contribution is 5.77. The summed E-state index contributed by atoms with van der Waals surface area (Å²) in [5, 5.41) is 16.8. The highest BCUT2D eigenvalue weighted by atomic mass is 16.4. The Hall–Kier alpha value is -1.71. The van der Waals surface area contributed by atoms with Crippen LogP contribution in [0.4, 0.5) is 0 Å². The first-order valence-electron chi connectivity index (χ1n) is 7.65. The van der Waals surface area contributed by atoms with Gasteiger partial charge < -0.3 is 33.1 Å². The third-order valence-electron chi connectivity index (χ3n) is 2.89. The van der Waals surface area contributed by atoms with Crippen LogP contribution in [0.2, 0.25) is 0 Å². The van der Waals surface area contributed by atoms with Gasteiger partial charge in [0.1, 0.15) is 12.1 Å². The molecule has 0 bridgehead atoms. The van der Waals surface area contributed by atoms with Crippen LogP contribution in [-0.2, 0) is 9.59 Å². The van der Waals surface area contributed by atoms with Crippen molar-refractivity contribution in [2.24, 2.45) is 27.9 Å². The van der Waals surface area contributed by atoms with Gasteiger partial charge in [-0.3, -0.25) is 14.6 Å². The molecule has 0 aromatic carbocycles. The van der Waals surface area contributed by atoms with Gasteiger partial charge in [0.05, 0.1) is 5.84 Å². The Kier molecular flexibility index (Phi) is 15.6. The molecular formula is C14H31N5O4. The van der Waals surface area contributed by atoms with E-state index in [1.807, 2.05) is 0 Å². The Balaban J connectivity index is 0. The zero-order valence-electron chi connectivity index (χ0n) is 13.8. The third kappa shape index (κ3) is 18.2. The normalized spacial score (nSPS) is 13.7. The summed E-state index contributed by atoms with van der Waals surface area (Å²) in [7, 11) is 0. The summed E-state index contributed by atoms with van der Waals surface area (Å²) in [4.78, 5) is 24.4. The second-order valence-electron chi connectivity index (χ2n) is 5.19. The van der Waals surface area contributed by atoms with E-state index in [0.717, 1.165) is 25.7 Å². The number of aliphatic imine (C=N–C) groups is 1. The van der Waals surface area contributed by atoms with Crippen LogP contribution >= 0.6 is 0 Å². The molecular weight excluding hydrogens is 302 g/mol. The van der Waals surface area contributed by atoms with Crippen molar-refractivity contribution in [3.05, 3.63) is 0 Å². The number of rotatable bonds is 11. The predicted octanol–water partition coefficient (Wildman–Crippen LogP) is -0.527. The Bertz CT molecular complexity index is 359. The number of hydrogen-bond acceptors (Lipinski definition) is 6. The van der Waals surface area contributed by atoms with E-state index >= 15 is 0 Å². The number of carbonyl (C=O) groups is 2. The quantitative estimate of drug-likeness (QED) is 0.165. The average Bonchev–Trinajstić information content (AvgIpc) is 2.46. The Morgan fingerprint density at radius 2 is 1.39 bits per heavy atom. The van der Waals surface area contributed by atoms with Crippen molar-refractivity contribution in [1.82, 2.24) is 0 Å². The summed E-state index contributed by atoms with van der Waals surface area (Å²) in [5.74, 6) is -1.32. The number of unbranched alkanes of at least 4 members (excludes halogenated alkanes) is 2. The predicted molar refractivity (Wildman–Crippen MR) is 90.1 cm³/mol. The molecule has 136 valence electrons. The molecule has 10 N–H and O–H groups in total. The van der Waals surface area contributed by atoms with Gasteiger partial charge in [-0.15, -0.1) is 0 Å². The van der Waals surface area contributed by atoms with Crippen molar-refractivity contribution in [3.8, 4) is 0 Å². The van der Waals surface area contributed by atoms with E-state index in [9.17, 15) is 9.59 Å². The summed E-state index contributed by atoms with van der Waals surface area (Å²) in [6.45, 7) is 2.98. The van der Waals surface area contributed by atoms with Crippen LogP contribution in [0, 0.1) is 0 Å². The number of aliphatic carboxylic acids is 2. The first-order valence-corrected chi connectivity index (χ1v) is 7.65. The fraction of sp³-hybridized carbons (Fsp3) is 0.786. The van der Waals surface area contributed by atoms with Crippen molar-refractivity contribution < 1.29 is 19.8 Å². The topological polar surface area (TPSA) is 191 Å². The first kappa shape index (κ1) is 23.6. The number of nitrogens with two attached hydrogens (primary N) is 4. The number of hydrogen-bond donors (Lipinski definition) is 6. The summed E-state index contributed by atoms with van der Waals surface area (Å²) >= 11 is 0. The fourth-order valence-corrected chi connectivity index (χ4v) is 1.49. The molecule has 0 saturated heterocycles. The molecule has 2 atom stereocenters. The van der Waals surface area contributed by atoms with Crippen LogP contribution in [0.25, 0.3) is 0 Å². The molecule has 1 unspecified atom stereocenters. The third-order valence-corrected chi connectivity index (χ3v) is 2.89. The van der Waals surface area contributed by atoms with Crippen molar-refractivity contribution in [2.45, 2.75) is 57.5 Å². The molecule has 23 heavy (non-hydrogen) atoms. The second-order valence-corrected chi connectivity index (χ2v) is 5.19. The maximum atomic E-state index is 10.3. The summed E-state index contributed by atoms with van der Waals surface area (Å²) in [6.07, 6.45) is 4.26. The number of carboxylic acid groups (broad SMARTS) is 2. The van der Waals surface area contributed by atoms with Gasteiger partial charge in [-0.05, 0) is 45.6 Å². The van der Waals surface area contributed by atoms with E-state index in [1.54, 1.807) is 6.92 Å². The molecule has 0 radical (unpaired) electrons. The van der Waals surface area contributed by atoms with Crippen LogP contribution in [0.1, 0.15) is 45.4 Å². The van der Waals surface area contributed by atoms with Crippen molar-refractivity contribution in [1.29, 1.82) is 0 Å². The van der Waals surface area contributed by atoms with Gasteiger partial charge in [-0.2, -0.15) is 0 Å². The standard InChI is InChI=1S/C8H17N3O2.C6H14N2O2/c1-6(9)11-5-3-2-4-7(10)8(12)13;7-4-2-1-3-5(8)6(9)10/h7H,2-5,10H2,1H3,(H2,9,11)(H,12,13);5H,1-4,7-8H2,(H,9,10)/t7-;/m0./s1. The van der Waals surface area contributed by atoms with Gasteiger partial charge in [-0.25, -0.2) is 0 Å². The minimum absolute atomic E-state index is 0.495. The molecule has 0 saturated carbocycles. The van der Waals surface area contributed by atoms with Crippen molar-refractivity contribution in [3.63, 3.8) is 0 Å². The van der Waals surface area contributed by atoms with E-state index < -0.39 is 24.0 Å². The van der Waals surface area contributed by atoms with E-state index in [-0.39, 0.29) is 0 Å². The first-order chi connectivity index (χ1) is 10.7. The molecule has 0 aliphatic heterocycles. The summed E-state index contributed by atoms with van der Waals surface area (Å²) in [5.41, 5.74) is 21.0. The van der Waals surface area contributed by atoms with Crippen molar-refractivity contribution >= 4 is 17.8 Å². The van der Waals surface area contributed by atoms with Crippen LogP contribution in [0.5, 0.6) is 0 Å². The SMILES string of the molecule is CC(N)=NCCCC[C@H](N)C(=O)O.NCCCCC(N)C(=O)O. The Morgan fingerprint density at radius 3 is 1.74 bits per heavy atom. The Labute approximate surface area is 137 Å². The average molecular weight is 333 g/mol. The van der Waals surface area contributed by atoms with Gasteiger partial charge in [0, 0.05) is 6.54 Å². The van der Waals surface area contributed by atoms with Crippen LogP contribution in [0.15, 0.2) is 4.99 Å². The monoisotopic (exact) mass is 333 g/mol. The highest BCUT2D eigenvalue weighted by Crippen LogP contribution is 1.99. The van der Waals surface area contributed by atoms with E-state index in [1.165, 1.54) is 0 Å². The Morgan fingerprint density at radius 1 is 0.957 bits per heavy atom. The van der Waals surface area contributed by atoms with Crippen LogP contribution in [0.3, 0.4) is 0 Å². The lowest BCUT2D eigenvalue weighted by atomic mass is 10.1. The van der Waals surface area contributed by atoms with Crippen molar-refractivity contribution in [2.75, 3.05) is 13.1 Å². The zero-order valence-corrected chi connectivity index (χ0v) is 13.8. The van der Waals surface area contributed by atoms with Crippen LogP contribution in [-0.4, -0.2) is 53.2 Å². The minimum atomic E-state index is -0.946. The lowest BCUT2D eigenvalue weighted by Gasteiger charge is -2.04. The molecule has 0 aliphatic carbocycles. The molecule has 0 amide bonds. The molecule has 0 heterocycles. The minimum Gasteiger partial charge on any atom is -0.480 e. The van der Waals surface area contributed by atoms with Gasteiger partial charge >= 0.3 is 11.9 Å². The fourth-order valence-electron chi connectivity index (χ4n) is 1.49. The van der Waals surface area contributed by atoms with Gasteiger partial charge in [-0.1, -0.05) is 6.42 Å². The molecule has 0 rings (SSSR count). The lowest BCUT2D eigenvalue weighted by molar-refractivity contribution is -0.139. The largest absolute Gasteiger partial charge is 0.480 e. The molecule has 0 spiro atoms. The maximum absolute atomic E-state index is 10.3. The molecule has 0 aromatic heterocycles. The van der Waals surface area contributed by atoms with Crippen LogP contribution < -0.4 is 22.9 Å². The molecule has 9 nitrogen and oxygen atoms in total. The van der Waals surface area contributed by atoms with E-state index in [2.05, 4.69) is 4.99 Å². The molecule has 0 fully saturated rings. The number of amidine groups is 1. The smallest absolute Gasteiger partial charge is 0.320 e. The molecule has 9 heteroatoms. The van der Waals surface area contributed by atoms with Gasteiger partial charge in [0.25, 0.3) is 0 Å². The lowest BCUT2D eigenvalue weighted by Crippen LogP contribution is -2.29. The van der Waals surface area contributed by atoms with E-state index in [0.29, 0.717) is 31.8 Å². The summed E-state index contributed by atoms with van der Waals surface area (Å²) < 4.78 is 0. The number of nitrogens with zero attached hydrogens (tertiary/aromatic N) is 1. The molecule has 0 aromatic rings.